The number of aromatic nitrogens is 3. The molecule has 1 atom stereocenters. The summed E-state index contributed by atoms with van der Waals surface area (Å²) in [7, 11) is 0. The number of nitrogens with zero attached hydrogens (tertiary/aromatic N) is 3. The summed E-state index contributed by atoms with van der Waals surface area (Å²) in [4.78, 5) is 17.1. The monoisotopic (exact) mass is 302 g/mol. The van der Waals surface area contributed by atoms with Gasteiger partial charge >= 0.3 is 0 Å². The molecule has 1 aliphatic rings. The number of carbonyl (C=O) groups is 1. The van der Waals surface area contributed by atoms with E-state index in [2.05, 4.69) is 20.0 Å². The molecular formula is C16H22N4O2. The Kier molecular flexibility index (Phi) is 3.76. The lowest BCUT2D eigenvalue weighted by Crippen LogP contribution is -2.41. The molecule has 0 fully saturated rings. The van der Waals surface area contributed by atoms with Gasteiger partial charge in [0.1, 0.15) is 11.4 Å². The van der Waals surface area contributed by atoms with E-state index in [0.717, 1.165) is 30.9 Å². The molecule has 2 aromatic rings. The average molecular weight is 302 g/mol. The van der Waals surface area contributed by atoms with Crippen molar-refractivity contribution in [2.24, 2.45) is 0 Å². The van der Waals surface area contributed by atoms with Crippen molar-refractivity contribution in [1.82, 2.24) is 20.0 Å². The molecule has 1 N–H and O–H groups in total. The van der Waals surface area contributed by atoms with Crippen molar-refractivity contribution >= 4 is 5.91 Å². The Morgan fingerprint density at radius 1 is 1.45 bits per heavy atom. The molecule has 0 unspecified atom stereocenters. The van der Waals surface area contributed by atoms with Crippen LogP contribution in [0, 0.1) is 13.8 Å². The lowest BCUT2D eigenvalue weighted by molar-refractivity contribution is 0.0924. The van der Waals surface area contributed by atoms with Gasteiger partial charge in [-0.1, -0.05) is 19.0 Å². The number of fused-ring (bicyclic) bond motifs is 1. The zero-order chi connectivity index (χ0) is 15.9. The second kappa shape index (κ2) is 5.59. The Hall–Kier alpha value is -2.11. The van der Waals surface area contributed by atoms with Crippen molar-refractivity contribution in [1.29, 1.82) is 0 Å². The van der Waals surface area contributed by atoms with Gasteiger partial charge in [0.2, 0.25) is 0 Å². The summed E-state index contributed by atoms with van der Waals surface area (Å²) < 4.78 is 7.43. The molecule has 1 amide bonds. The molecule has 0 aliphatic carbocycles. The number of imidazole rings is 1. The van der Waals surface area contributed by atoms with Crippen molar-refractivity contribution in [2.75, 3.05) is 0 Å². The van der Waals surface area contributed by atoms with Crippen LogP contribution in [0.15, 0.2) is 10.7 Å². The van der Waals surface area contributed by atoms with E-state index in [1.807, 2.05) is 33.9 Å². The van der Waals surface area contributed by atoms with Gasteiger partial charge in [0.25, 0.3) is 5.91 Å². The van der Waals surface area contributed by atoms with Crippen molar-refractivity contribution in [3.63, 3.8) is 0 Å². The Bertz CT molecular complexity index is 699. The van der Waals surface area contributed by atoms with Crippen LogP contribution in [-0.2, 0) is 13.0 Å². The first-order valence-electron chi connectivity index (χ1n) is 7.75. The van der Waals surface area contributed by atoms with Crippen molar-refractivity contribution in [3.05, 3.63) is 34.7 Å². The highest BCUT2D eigenvalue weighted by Gasteiger charge is 2.26. The van der Waals surface area contributed by atoms with E-state index in [-0.39, 0.29) is 17.9 Å². The molecule has 0 radical (unpaired) electrons. The van der Waals surface area contributed by atoms with Crippen LogP contribution in [0.3, 0.4) is 0 Å². The lowest BCUT2D eigenvalue weighted by atomic mass is 10.0. The van der Waals surface area contributed by atoms with Crippen LogP contribution in [-0.4, -0.2) is 26.7 Å². The predicted molar refractivity (Wildman–Crippen MR) is 81.9 cm³/mol. The normalized spacial score (nSPS) is 17.6. The van der Waals surface area contributed by atoms with E-state index < -0.39 is 0 Å². The highest BCUT2D eigenvalue weighted by molar-refractivity contribution is 5.96. The van der Waals surface area contributed by atoms with Crippen LogP contribution in [0.25, 0.3) is 0 Å². The van der Waals surface area contributed by atoms with Gasteiger partial charge in [0.15, 0.2) is 5.76 Å². The van der Waals surface area contributed by atoms with E-state index in [4.69, 9.17) is 4.52 Å². The van der Waals surface area contributed by atoms with Crippen molar-refractivity contribution in [2.45, 2.75) is 59.0 Å². The predicted octanol–water partition coefficient (Wildman–Crippen LogP) is 2.36. The lowest BCUT2D eigenvalue weighted by Gasteiger charge is -2.24. The standard InChI is InChI=1S/C16H22N4O2/c1-9(2)15-14(11(4)19-22-15)16(21)18-12-5-6-13-17-10(3)7-20(13)8-12/h7,9,12H,5-6,8H2,1-4H3,(H,18,21)/t12-/m0/s1. The van der Waals surface area contributed by atoms with Gasteiger partial charge in [-0.25, -0.2) is 4.98 Å². The van der Waals surface area contributed by atoms with Crippen LogP contribution in [0.5, 0.6) is 0 Å². The third-order valence-electron chi connectivity index (χ3n) is 4.09. The van der Waals surface area contributed by atoms with Crippen molar-refractivity contribution in [3.8, 4) is 0 Å². The number of hydrogen-bond donors (Lipinski definition) is 1. The van der Waals surface area contributed by atoms with Gasteiger partial charge in [0, 0.05) is 31.1 Å². The van der Waals surface area contributed by atoms with Crippen LogP contribution in [0.2, 0.25) is 0 Å². The largest absolute Gasteiger partial charge is 0.360 e. The third-order valence-corrected chi connectivity index (χ3v) is 4.09. The maximum Gasteiger partial charge on any atom is 0.257 e. The fourth-order valence-corrected chi connectivity index (χ4v) is 3.02. The Labute approximate surface area is 129 Å². The van der Waals surface area contributed by atoms with E-state index in [0.29, 0.717) is 17.0 Å². The van der Waals surface area contributed by atoms with Crippen LogP contribution < -0.4 is 5.32 Å². The number of hydrogen-bond acceptors (Lipinski definition) is 4. The molecule has 6 nitrogen and oxygen atoms in total. The molecule has 118 valence electrons. The summed E-state index contributed by atoms with van der Waals surface area (Å²) in [5.74, 6) is 1.81. The van der Waals surface area contributed by atoms with Gasteiger partial charge in [0.05, 0.1) is 11.4 Å². The molecule has 0 saturated heterocycles. The minimum Gasteiger partial charge on any atom is -0.360 e. The Morgan fingerprint density at radius 3 is 2.95 bits per heavy atom. The average Bonchev–Trinajstić information content (AvgIpc) is 3.00. The van der Waals surface area contributed by atoms with E-state index in [1.165, 1.54) is 0 Å². The number of carbonyl (C=O) groups excluding carboxylic acids is 1. The van der Waals surface area contributed by atoms with Gasteiger partial charge in [-0.3, -0.25) is 4.79 Å². The quantitative estimate of drug-likeness (QED) is 0.944. The number of rotatable bonds is 3. The number of amides is 1. The first-order chi connectivity index (χ1) is 10.5. The molecule has 6 heteroatoms. The highest BCUT2D eigenvalue weighted by Crippen LogP contribution is 2.23. The molecule has 0 saturated carbocycles. The Balaban J connectivity index is 1.74. The fourth-order valence-electron chi connectivity index (χ4n) is 3.02. The minimum atomic E-state index is -0.0901. The first kappa shape index (κ1) is 14.8. The van der Waals surface area contributed by atoms with Crippen LogP contribution in [0.4, 0.5) is 0 Å². The number of aryl methyl sites for hydroxylation is 3. The van der Waals surface area contributed by atoms with Crippen LogP contribution in [0.1, 0.15) is 59.5 Å². The zero-order valence-electron chi connectivity index (χ0n) is 13.5. The molecule has 22 heavy (non-hydrogen) atoms. The molecule has 1 aliphatic heterocycles. The summed E-state index contributed by atoms with van der Waals surface area (Å²) in [6.07, 6.45) is 3.83. The fraction of sp³-hybridized carbons (Fsp3) is 0.562. The smallest absolute Gasteiger partial charge is 0.257 e. The van der Waals surface area contributed by atoms with Crippen LogP contribution >= 0.6 is 0 Å². The zero-order valence-corrected chi connectivity index (χ0v) is 13.5. The summed E-state index contributed by atoms with van der Waals surface area (Å²) in [6.45, 7) is 8.57. The second-order valence-electron chi connectivity index (χ2n) is 6.32. The number of nitrogens with one attached hydrogen (secondary N) is 1. The molecule has 0 bridgehead atoms. The summed E-state index contributed by atoms with van der Waals surface area (Å²) in [5.41, 5.74) is 2.26. The maximum atomic E-state index is 12.6. The SMILES string of the molecule is Cc1cn2c(n1)CC[C@H](NC(=O)c1c(C)noc1C(C)C)C2. The second-order valence-corrected chi connectivity index (χ2v) is 6.32. The molecule has 0 aromatic carbocycles. The molecule has 3 rings (SSSR count). The van der Waals surface area contributed by atoms with Gasteiger partial charge < -0.3 is 14.4 Å². The van der Waals surface area contributed by atoms with Gasteiger partial charge in [-0.15, -0.1) is 0 Å². The van der Waals surface area contributed by atoms with Crippen molar-refractivity contribution < 1.29 is 9.32 Å². The molecular weight excluding hydrogens is 280 g/mol. The minimum absolute atomic E-state index is 0.0901. The summed E-state index contributed by atoms with van der Waals surface area (Å²) in [6, 6.07) is 0.114. The van der Waals surface area contributed by atoms with E-state index >= 15 is 0 Å². The third kappa shape index (κ3) is 2.65. The van der Waals surface area contributed by atoms with E-state index in [9.17, 15) is 4.79 Å². The molecule has 2 aromatic heterocycles. The molecule has 0 spiro atoms. The Morgan fingerprint density at radius 2 is 2.23 bits per heavy atom. The highest BCUT2D eigenvalue weighted by atomic mass is 16.5. The van der Waals surface area contributed by atoms with Gasteiger partial charge in [-0.2, -0.15) is 0 Å². The summed E-state index contributed by atoms with van der Waals surface area (Å²) >= 11 is 0. The van der Waals surface area contributed by atoms with Gasteiger partial charge in [-0.05, 0) is 20.3 Å². The maximum absolute atomic E-state index is 12.6. The summed E-state index contributed by atoms with van der Waals surface area (Å²) in [5, 5.41) is 7.06. The van der Waals surface area contributed by atoms with E-state index in [1.54, 1.807) is 0 Å². The first-order valence-corrected chi connectivity index (χ1v) is 7.75. The topological polar surface area (TPSA) is 73.0 Å². The molecule has 3 heterocycles.